The van der Waals surface area contributed by atoms with Crippen LogP contribution in [-0.4, -0.2) is 26.2 Å². The molecule has 0 aromatic heterocycles. The van der Waals surface area contributed by atoms with Gasteiger partial charge < -0.3 is 9.47 Å². The highest BCUT2D eigenvalue weighted by Crippen LogP contribution is 2.41. The highest BCUT2D eigenvalue weighted by atomic mass is 16.5. The zero-order valence-corrected chi connectivity index (χ0v) is 13.9. The van der Waals surface area contributed by atoms with Crippen LogP contribution in [0.1, 0.15) is 31.2 Å². The molecule has 2 aliphatic rings. The number of rotatable bonds is 3. The molecule has 1 aromatic carbocycles. The molecular formula is C20H20O4. The monoisotopic (exact) mass is 324 g/mol. The van der Waals surface area contributed by atoms with Crippen molar-refractivity contribution in [3.63, 3.8) is 0 Å². The van der Waals surface area contributed by atoms with Gasteiger partial charge in [-0.15, -0.1) is 0 Å². The van der Waals surface area contributed by atoms with Crippen molar-refractivity contribution in [3.8, 4) is 0 Å². The summed E-state index contributed by atoms with van der Waals surface area (Å²) in [5, 5.41) is 0. The van der Waals surface area contributed by atoms with E-state index < -0.39 is 11.9 Å². The minimum absolute atomic E-state index is 0.428. The Morgan fingerprint density at radius 3 is 2.00 bits per heavy atom. The van der Waals surface area contributed by atoms with E-state index >= 15 is 0 Å². The quantitative estimate of drug-likeness (QED) is 0.630. The van der Waals surface area contributed by atoms with Crippen LogP contribution < -0.4 is 0 Å². The number of hydrogen-bond acceptors (Lipinski definition) is 4. The molecule has 124 valence electrons. The lowest BCUT2D eigenvalue weighted by Crippen LogP contribution is -2.20. The molecule has 24 heavy (non-hydrogen) atoms. The Hall–Kier alpha value is -2.62. The van der Waals surface area contributed by atoms with E-state index in [0.29, 0.717) is 24.0 Å². The molecule has 0 radical (unpaired) electrons. The Kier molecular flexibility index (Phi) is 4.65. The predicted octanol–water partition coefficient (Wildman–Crippen LogP) is 3.60. The fourth-order valence-electron chi connectivity index (χ4n) is 3.35. The SMILES string of the molecule is COC(=O)C1=C(C(=O)OC)CC2=C(CC=C(c3ccccc3)C2)C1. The topological polar surface area (TPSA) is 52.6 Å². The molecule has 0 bridgehead atoms. The molecular weight excluding hydrogens is 304 g/mol. The van der Waals surface area contributed by atoms with Crippen molar-refractivity contribution in [1.29, 1.82) is 0 Å². The number of carbonyl (C=O) groups is 2. The molecule has 0 heterocycles. The van der Waals surface area contributed by atoms with Crippen molar-refractivity contribution in [2.45, 2.75) is 25.7 Å². The van der Waals surface area contributed by atoms with E-state index in [1.165, 1.54) is 36.5 Å². The van der Waals surface area contributed by atoms with Crippen LogP contribution in [0.25, 0.3) is 5.57 Å². The summed E-state index contributed by atoms with van der Waals surface area (Å²) >= 11 is 0. The molecule has 0 fully saturated rings. The van der Waals surface area contributed by atoms with Crippen molar-refractivity contribution < 1.29 is 19.1 Å². The summed E-state index contributed by atoms with van der Waals surface area (Å²) in [6.07, 6.45) is 4.73. The Morgan fingerprint density at radius 1 is 0.833 bits per heavy atom. The van der Waals surface area contributed by atoms with Gasteiger partial charge in [-0.25, -0.2) is 9.59 Å². The predicted molar refractivity (Wildman–Crippen MR) is 91.0 cm³/mol. The van der Waals surface area contributed by atoms with Crippen LogP contribution in [0, 0.1) is 0 Å². The second-order valence-corrected chi connectivity index (χ2v) is 5.98. The summed E-state index contributed by atoms with van der Waals surface area (Å²) in [5.41, 5.74) is 5.75. The third-order valence-corrected chi connectivity index (χ3v) is 4.65. The van der Waals surface area contributed by atoms with Gasteiger partial charge >= 0.3 is 11.9 Å². The van der Waals surface area contributed by atoms with Gasteiger partial charge in [-0.05, 0) is 24.0 Å². The first-order chi connectivity index (χ1) is 11.6. The highest BCUT2D eigenvalue weighted by molar-refractivity contribution is 6.01. The van der Waals surface area contributed by atoms with Gasteiger partial charge in [0, 0.05) is 12.8 Å². The summed E-state index contributed by atoms with van der Waals surface area (Å²) in [7, 11) is 2.67. The Morgan fingerprint density at radius 2 is 1.42 bits per heavy atom. The van der Waals surface area contributed by atoms with Crippen LogP contribution >= 0.6 is 0 Å². The lowest BCUT2D eigenvalue weighted by atomic mass is 9.78. The first-order valence-electron chi connectivity index (χ1n) is 7.97. The maximum Gasteiger partial charge on any atom is 0.334 e. The second kappa shape index (κ2) is 6.87. The number of carbonyl (C=O) groups excluding carboxylic acids is 2. The van der Waals surface area contributed by atoms with Gasteiger partial charge in [-0.2, -0.15) is 0 Å². The van der Waals surface area contributed by atoms with E-state index in [1.54, 1.807) is 0 Å². The summed E-state index contributed by atoms with van der Waals surface area (Å²) in [5.74, 6) is -0.891. The average molecular weight is 324 g/mol. The van der Waals surface area contributed by atoms with Crippen LogP contribution in [0.15, 0.2) is 58.7 Å². The third kappa shape index (κ3) is 3.04. The lowest BCUT2D eigenvalue weighted by Gasteiger charge is -2.27. The van der Waals surface area contributed by atoms with Crippen molar-refractivity contribution in [1.82, 2.24) is 0 Å². The molecule has 0 aliphatic heterocycles. The first-order valence-corrected chi connectivity index (χ1v) is 7.97. The van der Waals surface area contributed by atoms with E-state index in [4.69, 9.17) is 9.47 Å². The van der Waals surface area contributed by atoms with Gasteiger partial charge in [0.1, 0.15) is 0 Å². The number of hydrogen-bond donors (Lipinski definition) is 0. The smallest absolute Gasteiger partial charge is 0.334 e. The molecule has 3 rings (SSSR count). The molecule has 0 unspecified atom stereocenters. The van der Waals surface area contributed by atoms with Crippen molar-refractivity contribution in [2.24, 2.45) is 0 Å². The van der Waals surface area contributed by atoms with E-state index in [9.17, 15) is 9.59 Å². The summed E-state index contributed by atoms with van der Waals surface area (Å²) < 4.78 is 9.71. The second-order valence-electron chi connectivity index (χ2n) is 5.98. The molecule has 4 nitrogen and oxygen atoms in total. The van der Waals surface area contributed by atoms with Crippen molar-refractivity contribution in [2.75, 3.05) is 14.2 Å². The fraction of sp³-hybridized carbons (Fsp3) is 0.300. The van der Waals surface area contributed by atoms with E-state index in [1.807, 2.05) is 18.2 Å². The van der Waals surface area contributed by atoms with Gasteiger partial charge in [0.15, 0.2) is 0 Å². The van der Waals surface area contributed by atoms with Gasteiger partial charge in [-0.1, -0.05) is 47.6 Å². The van der Waals surface area contributed by atoms with Gasteiger partial charge in [-0.3, -0.25) is 0 Å². The van der Waals surface area contributed by atoms with Crippen molar-refractivity contribution >= 4 is 17.5 Å². The Bertz CT molecular complexity index is 766. The standard InChI is InChI=1S/C20H20O4/c1-23-19(21)17-11-15-9-8-14(13-6-4-3-5-7-13)10-16(15)12-18(17)20(22)24-2/h3-8H,9-12H2,1-2H3. The molecule has 0 N–H and O–H groups in total. The molecule has 1 aromatic rings. The van der Waals surface area contributed by atoms with Crippen LogP contribution in [0.2, 0.25) is 0 Å². The van der Waals surface area contributed by atoms with Crippen LogP contribution in [-0.2, 0) is 19.1 Å². The number of ether oxygens (including phenoxy) is 2. The van der Waals surface area contributed by atoms with E-state index in [-0.39, 0.29) is 0 Å². The number of methoxy groups -OCH3 is 2. The molecule has 2 aliphatic carbocycles. The summed E-state index contributed by atoms with van der Waals surface area (Å²) in [4.78, 5) is 24.1. The van der Waals surface area contributed by atoms with Gasteiger partial charge in [0.2, 0.25) is 0 Å². The van der Waals surface area contributed by atoms with Crippen LogP contribution in [0.3, 0.4) is 0 Å². The average Bonchev–Trinajstić information content (AvgIpc) is 2.65. The highest BCUT2D eigenvalue weighted by Gasteiger charge is 2.30. The molecule has 0 saturated carbocycles. The minimum Gasteiger partial charge on any atom is -0.466 e. The van der Waals surface area contributed by atoms with E-state index in [2.05, 4.69) is 18.2 Å². The molecule has 0 amide bonds. The zero-order chi connectivity index (χ0) is 17.1. The van der Waals surface area contributed by atoms with Crippen LogP contribution in [0.4, 0.5) is 0 Å². The van der Waals surface area contributed by atoms with E-state index in [0.717, 1.165) is 12.8 Å². The minimum atomic E-state index is -0.447. The molecule has 0 saturated heterocycles. The maximum atomic E-state index is 12.1. The molecule has 4 heteroatoms. The van der Waals surface area contributed by atoms with Crippen molar-refractivity contribution in [3.05, 3.63) is 64.3 Å². The Labute approximate surface area is 141 Å². The molecule has 0 spiro atoms. The zero-order valence-electron chi connectivity index (χ0n) is 13.9. The molecule has 0 atom stereocenters. The first kappa shape index (κ1) is 16.2. The number of esters is 2. The van der Waals surface area contributed by atoms with Gasteiger partial charge in [0.05, 0.1) is 25.4 Å². The lowest BCUT2D eigenvalue weighted by molar-refractivity contribution is -0.139. The number of benzene rings is 1. The largest absolute Gasteiger partial charge is 0.466 e. The fourth-order valence-corrected chi connectivity index (χ4v) is 3.35. The maximum absolute atomic E-state index is 12.1. The summed E-state index contributed by atoms with van der Waals surface area (Å²) in [6.45, 7) is 0. The summed E-state index contributed by atoms with van der Waals surface area (Å²) in [6, 6.07) is 10.2. The van der Waals surface area contributed by atoms with Gasteiger partial charge in [0.25, 0.3) is 0 Å². The normalized spacial score (nSPS) is 17.2. The third-order valence-electron chi connectivity index (χ3n) is 4.65. The van der Waals surface area contributed by atoms with Crippen LogP contribution in [0.5, 0.6) is 0 Å². The Balaban J connectivity index is 1.86. The number of allylic oxidation sites excluding steroid dienone is 4.